The van der Waals surface area contributed by atoms with Crippen molar-refractivity contribution in [2.75, 3.05) is 0 Å². The van der Waals surface area contributed by atoms with E-state index >= 15 is 0 Å². The van der Waals surface area contributed by atoms with Gasteiger partial charge in [0.2, 0.25) is 0 Å². The first kappa shape index (κ1) is 17.7. The van der Waals surface area contributed by atoms with Gasteiger partial charge in [0.25, 0.3) is 0 Å². The second-order valence-corrected chi connectivity index (χ2v) is 7.80. The van der Waals surface area contributed by atoms with Crippen molar-refractivity contribution in [1.82, 2.24) is 0 Å². The van der Waals surface area contributed by atoms with Crippen molar-refractivity contribution in [2.24, 2.45) is 17.3 Å². The van der Waals surface area contributed by atoms with Crippen LogP contribution < -0.4 is 0 Å². The molecule has 1 aliphatic rings. The van der Waals surface area contributed by atoms with Crippen LogP contribution in [0.5, 0.6) is 0 Å². The smallest absolute Gasteiger partial charge is 0.311 e. The third-order valence-electron chi connectivity index (χ3n) is 3.46. The number of ether oxygens (including phenoxy) is 2. The van der Waals surface area contributed by atoms with E-state index in [1.807, 2.05) is 41.5 Å². The van der Waals surface area contributed by atoms with Gasteiger partial charge in [-0.2, -0.15) is 0 Å². The molecule has 0 aromatic heterocycles. The van der Waals surface area contributed by atoms with Gasteiger partial charge in [-0.25, -0.2) is 0 Å². The Morgan fingerprint density at radius 1 is 1.10 bits per heavy atom. The number of carbonyl (C=O) groups is 2. The predicted octanol–water partition coefficient (Wildman–Crippen LogP) is 3.50. The Morgan fingerprint density at radius 3 is 2.10 bits per heavy atom. The van der Waals surface area contributed by atoms with E-state index in [-0.39, 0.29) is 29.9 Å². The van der Waals surface area contributed by atoms with E-state index in [1.165, 1.54) is 0 Å². The van der Waals surface area contributed by atoms with Gasteiger partial charge in [0.05, 0.1) is 11.3 Å². The molecule has 0 N–H and O–H groups in total. The van der Waals surface area contributed by atoms with E-state index in [0.29, 0.717) is 12.8 Å². The molecule has 1 saturated carbocycles. The summed E-state index contributed by atoms with van der Waals surface area (Å²) in [7, 11) is 0. The van der Waals surface area contributed by atoms with Gasteiger partial charge in [-0.05, 0) is 54.4 Å². The van der Waals surface area contributed by atoms with Crippen LogP contribution in [-0.4, -0.2) is 23.6 Å². The lowest BCUT2D eigenvalue weighted by Crippen LogP contribution is -2.30. The molecule has 0 amide bonds. The molecule has 0 aromatic carbocycles. The molecule has 0 saturated heterocycles. The molecule has 1 rings (SSSR count). The fourth-order valence-corrected chi connectivity index (χ4v) is 2.31. The van der Waals surface area contributed by atoms with E-state index in [0.717, 1.165) is 0 Å². The number of rotatable bonds is 3. The summed E-state index contributed by atoms with van der Waals surface area (Å²) in [6.45, 7) is 14.8. The lowest BCUT2D eigenvalue weighted by molar-refractivity contribution is -0.163. The molecule has 3 atom stereocenters. The molecular formula is C17H28O4. The lowest BCUT2D eigenvalue weighted by atomic mass is 9.97. The van der Waals surface area contributed by atoms with E-state index in [4.69, 9.17) is 9.47 Å². The maximum absolute atomic E-state index is 12.2. The number of hydrogen-bond donors (Lipinski definition) is 0. The van der Waals surface area contributed by atoms with Crippen LogP contribution in [0.25, 0.3) is 0 Å². The number of carbonyl (C=O) groups excluding carboxylic acids is 2. The highest BCUT2D eigenvalue weighted by atomic mass is 16.6. The van der Waals surface area contributed by atoms with Crippen LogP contribution in [0.3, 0.4) is 0 Å². The number of hydrogen-bond acceptors (Lipinski definition) is 4. The lowest BCUT2D eigenvalue weighted by Gasteiger charge is -2.23. The van der Waals surface area contributed by atoms with Crippen molar-refractivity contribution in [3.05, 3.63) is 12.7 Å². The molecule has 4 nitrogen and oxygen atoms in total. The van der Waals surface area contributed by atoms with Crippen molar-refractivity contribution >= 4 is 11.9 Å². The molecule has 0 radical (unpaired) electrons. The summed E-state index contributed by atoms with van der Waals surface area (Å²) in [6.07, 6.45) is 2.62. The van der Waals surface area contributed by atoms with E-state index in [2.05, 4.69) is 6.58 Å². The van der Waals surface area contributed by atoms with E-state index in [1.54, 1.807) is 6.08 Å². The number of esters is 2. The standard InChI is InChI=1S/C17H28O4/c1-8-11-9-12(14(18)21-17(5,6)7)10-13(11)20-15(19)16(2,3)4/h8,11-13H,1,9-10H2,2-7H3/t11-,12+,13-/m1/s1. The largest absolute Gasteiger partial charge is 0.461 e. The Labute approximate surface area is 127 Å². The van der Waals surface area contributed by atoms with Crippen molar-refractivity contribution < 1.29 is 19.1 Å². The van der Waals surface area contributed by atoms with Gasteiger partial charge in [0.1, 0.15) is 11.7 Å². The molecule has 4 heteroatoms. The summed E-state index contributed by atoms with van der Waals surface area (Å²) in [5, 5.41) is 0. The van der Waals surface area contributed by atoms with Gasteiger partial charge in [-0.15, -0.1) is 6.58 Å². The monoisotopic (exact) mass is 296 g/mol. The molecule has 0 aliphatic heterocycles. The van der Waals surface area contributed by atoms with Crippen LogP contribution >= 0.6 is 0 Å². The average molecular weight is 296 g/mol. The Balaban J connectivity index is 2.70. The minimum absolute atomic E-state index is 0.00817. The van der Waals surface area contributed by atoms with Crippen LogP contribution in [0.4, 0.5) is 0 Å². The molecule has 0 heterocycles. The van der Waals surface area contributed by atoms with Crippen LogP contribution in [0.1, 0.15) is 54.4 Å². The average Bonchev–Trinajstić information content (AvgIpc) is 2.68. The summed E-state index contributed by atoms with van der Waals surface area (Å²) in [5.74, 6) is -0.688. The minimum Gasteiger partial charge on any atom is -0.461 e. The van der Waals surface area contributed by atoms with Crippen LogP contribution in [-0.2, 0) is 19.1 Å². The molecule has 120 valence electrons. The highest BCUT2D eigenvalue weighted by Gasteiger charge is 2.41. The first-order chi connectivity index (χ1) is 9.44. The molecule has 0 aromatic rings. The van der Waals surface area contributed by atoms with Crippen LogP contribution in [0.2, 0.25) is 0 Å². The van der Waals surface area contributed by atoms with Crippen molar-refractivity contribution in [3.63, 3.8) is 0 Å². The zero-order valence-corrected chi connectivity index (χ0v) is 14.1. The van der Waals surface area contributed by atoms with Crippen LogP contribution in [0.15, 0.2) is 12.7 Å². The summed E-state index contributed by atoms with van der Waals surface area (Å²) < 4.78 is 11.0. The van der Waals surface area contributed by atoms with E-state index < -0.39 is 11.0 Å². The third kappa shape index (κ3) is 5.18. The van der Waals surface area contributed by atoms with Crippen molar-refractivity contribution in [1.29, 1.82) is 0 Å². The topological polar surface area (TPSA) is 52.6 Å². The van der Waals surface area contributed by atoms with Crippen molar-refractivity contribution in [2.45, 2.75) is 66.1 Å². The fourth-order valence-electron chi connectivity index (χ4n) is 2.31. The molecule has 0 bridgehead atoms. The fraction of sp³-hybridized carbons (Fsp3) is 0.765. The molecule has 21 heavy (non-hydrogen) atoms. The van der Waals surface area contributed by atoms with Gasteiger partial charge in [0.15, 0.2) is 0 Å². The molecule has 1 fully saturated rings. The second kappa shape index (κ2) is 6.20. The summed E-state index contributed by atoms with van der Waals surface area (Å²) in [6, 6.07) is 0. The predicted molar refractivity (Wildman–Crippen MR) is 81.6 cm³/mol. The van der Waals surface area contributed by atoms with Crippen LogP contribution in [0, 0.1) is 17.3 Å². The summed E-state index contributed by atoms with van der Waals surface area (Å²) >= 11 is 0. The first-order valence-electron chi connectivity index (χ1n) is 7.50. The normalized spacial score (nSPS) is 26.3. The molecule has 0 unspecified atom stereocenters. The van der Waals surface area contributed by atoms with Crippen molar-refractivity contribution in [3.8, 4) is 0 Å². The third-order valence-corrected chi connectivity index (χ3v) is 3.46. The molecule has 1 aliphatic carbocycles. The SMILES string of the molecule is C=C[C@@H]1C[C@H](C(=O)OC(C)(C)C)C[C@H]1OC(=O)C(C)(C)C. The zero-order valence-electron chi connectivity index (χ0n) is 14.1. The molecular weight excluding hydrogens is 268 g/mol. The maximum Gasteiger partial charge on any atom is 0.311 e. The second-order valence-electron chi connectivity index (χ2n) is 7.80. The van der Waals surface area contributed by atoms with Gasteiger partial charge < -0.3 is 9.47 Å². The quantitative estimate of drug-likeness (QED) is 0.591. The Kier molecular flexibility index (Phi) is 5.24. The highest BCUT2D eigenvalue weighted by Crippen LogP contribution is 2.36. The van der Waals surface area contributed by atoms with Gasteiger partial charge in [-0.1, -0.05) is 6.08 Å². The Hall–Kier alpha value is -1.32. The highest BCUT2D eigenvalue weighted by molar-refractivity contribution is 5.76. The zero-order chi connectivity index (χ0) is 16.4. The van der Waals surface area contributed by atoms with Gasteiger partial charge >= 0.3 is 11.9 Å². The Bertz CT molecular complexity index is 411. The first-order valence-corrected chi connectivity index (χ1v) is 7.50. The maximum atomic E-state index is 12.2. The minimum atomic E-state index is -0.546. The Morgan fingerprint density at radius 2 is 1.67 bits per heavy atom. The van der Waals surface area contributed by atoms with Gasteiger partial charge in [0, 0.05) is 5.92 Å². The van der Waals surface area contributed by atoms with Gasteiger partial charge in [-0.3, -0.25) is 9.59 Å². The molecule has 0 spiro atoms. The summed E-state index contributed by atoms with van der Waals surface area (Å²) in [5.41, 5.74) is -1.04. The summed E-state index contributed by atoms with van der Waals surface area (Å²) in [4.78, 5) is 24.2. The van der Waals surface area contributed by atoms with E-state index in [9.17, 15) is 9.59 Å².